The van der Waals surface area contributed by atoms with Crippen LogP contribution in [-0.4, -0.2) is 43.3 Å². The van der Waals surface area contributed by atoms with E-state index in [0.717, 1.165) is 4.90 Å². The van der Waals surface area contributed by atoms with Crippen molar-refractivity contribution >= 4 is 5.91 Å². The summed E-state index contributed by atoms with van der Waals surface area (Å²) in [5, 5.41) is 0. The smallest absolute Gasteiger partial charge is 0.372 e. The van der Waals surface area contributed by atoms with Gasteiger partial charge in [0.25, 0.3) is 5.91 Å². The highest BCUT2D eigenvalue weighted by Gasteiger charge is 2.34. The van der Waals surface area contributed by atoms with Gasteiger partial charge in [0, 0.05) is 13.7 Å². The first-order chi connectivity index (χ1) is 7.17. The van der Waals surface area contributed by atoms with Gasteiger partial charge in [-0.15, -0.1) is 0 Å². The Hall–Kier alpha value is -0.780. The second-order valence-corrected chi connectivity index (χ2v) is 4.11. The first kappa shape index (κ1) is 15.2. The molecule has 16 heavy (non-hydrogen) atoms. The van der Waals surface area contributed by atoms with Gasteiger partial charge in [0.2, 0.25) is 0 Å². The zero-order valence-corrected chi connectivity index (χ0v) is 9.97. The minimum atomic E-state index is -4.38. The predicted octanol–water partition coefficient (Wildman–Crippen LogP) is 2.07. The fraction of sp³-hybridized carbons (Fsp3) is 0.900. The minimum Gasteiger partial charge on any atom is -0.372 e. The fourth-order valence-electron chi connectivity index (χ4n) is 1.25. The lowest BCUT2D eigenvalue weighted by molar-refractivity contribution is -0.167. The van der Waals surface area contributed by atoms with Gasteiger partial charge in [0.15, 0.2) is 0 Å². The third kappa shape index (κ3) is 5.95. The average molecular weight is 241 g/mol. The van der Waals surface area contributed by atoms with E-state index in [0.29, 0.717) is 0 Å². The molecule has 0 saturated heterocycles. The maximum atomic E-state index is 12.2. The molecule has 0 bridgehead atoms. The lowest BCUT2D eigenvalue weighted by Crippen LogP contribution is -2.45. The number of halogens is 3. The van der Waals surface area contributed by atoms with Gasteiger partial charge in [-0.05, 0) is 12.8 Å². The second kappa shape index (κ2) is 6.08. The third-order valence-corrected chi connectivity index (χ3v) is 1.97. The fourth-order valence-corrected chi connectivity index (χ4v) is 1.25. The SMILES string of the molecule is COC(C)C(=O)N(CC(C)C)CC(F)(F)F. The zero-order chi connectivity index (χ0) is 12.9. The Kier molecular flexibility index (Phi) is 5.78. The Balaban J connectivity index is 4.60. The van der Waals surface area contributed by atoms with Gasteiger partial charge in [0.1, 0.15) is 12.6 Å². The minimum absolute atomic E-state index is 0.0182. The summed E-state index contributed by atoms with van der Waals surface area (Å²) in [6, 6.07) is 0. The molecule has 6 heteroatoms. The van der Waals surface area contributed by atoms with Crippen LogP contribution in [0.3, 0.4) is 0 Å². The number of nitrogens with zero attached hydrogens (tertiary/aromatic N) is 1. The second-order valence-electron chi connectivity index (χ2n) is 4.11. The normalized spacial score (nSPS) is 14.0. The van der Waals surface area contributed by atoms with Crippen LogP contribution in [-0.2, 0) is 9.53 Å². The standard InChI is InChI=1S/C10H18F3NO2/c1-7(2)5-14(6-10(11,12)13)9(15)8(3)16-4/h7-8H,5-6H2,1-4H3. The maximum absolute atomic E-state index is 12.2. The van der Waals surface area contributed by atoms with Gasteiger partial charge < -0.3 is 9.64 Å². The van der Waals surface area contributed by atoms with E-state index in [9.17, 15) is 18.0 Å². The number of hydrogen-bond acceptors (Lipinski definition) is 2. The molecule has 0 aliphatic heterocycles. The molecule has 1 unspecified atom stereocenters. The predicted molar refractivity (Wildman–Crippen MR) is 53.9 cm³/mol. The molecule has 0 aromatic heterocycles. The Bertz CT molecular complexity index is 229. The Morgan fingerprint density at radius 1 is 1.31 bits per heavy atom. The monoisotopic (exact) mass is 241 g/mol. The van der Waals surface area contributed by atoms with Gasteiger partial charge >= 0.3 is 6.18 Å². The van der Waals surface area contributed by atoms with Crippen LogP contribution in [0.25, 0.3) is 0 Å². The topological polar surface area (TPSA) is 29.5 Å². The number of methoxy groups -OCH3 is 1. The van der Waals surface area contributed by atoms with Crippen molar-refractivity contribution in [2.45, 2.75) is 33.1 Å². The number of hydrogen-bond donors (Lipinski definition) is 0. The molecule has 0 radical (unpaired) electrons. The molecule has 0 saturated carbocycles. The summed E-state index contributed by atoms with van der Waals surface area (Å²) < 4.78 is 41.5. The first-order valence-corrected chi connectivity index (χ1v) is 5.05. The van der Waals surface area contributed by atoms with E-state index in [2.05, 4.69) is 0 Å². The van der Waals surface area contributed by atoms with Crippen LogP contribution in [0.15, 0.2) is 0 Å². The van der Waals surface area contributed by atoms with Crippen molar-refractivity contribution in [2.75, 3.05) is 20.2 Å². The molecule has 0 aliphatic carbocycles. The zero-order valence-electron chi connectivity index (χ0n) is 9.97. The van der Waals surface area contributed by atoms with E-state index in [4.69, 9.17) is 4.74 Å². The molecule has 0 rings (SSSR count). The molecule has 3 nitrogen and oxygen atoms in total. The Labute approximate surface area is 93.6 Å². The number of alkyl halides is 3. The van der Waals surface area contributed by atoms with E-state index in [1.54, 1.807) is 13.8 Å². The summed E-state index contributed by atoms with van der Waals surface area (Å²) in [6.45, 7) is 3.80. The molecule has 0 spiro atoms. The van der Waals surface area contributed by atoms with E-state index in [1.807, 2.05) is 0 Å². The lowest BCUT2D eigenvalue weighted by atomic mass is 10.2. The van der Waals surface area contributed by atoms with Crippen LogP contribution >= 0.6 is 0 Å². The Morgan fingerprint density at radius 2 is 1.81 bits per heavy atom. The quantitative estimate of drug-likeness (QED) is 0.737. The van der Waals surface area contributed by atoms with E-state index in [1.165, 1.54) is 14.0 Å². The van der Waals surface area contributed by atoms with Crippen molar-refractivity contribution in [1.82, 2.24) is 4.90 Å². The lowest BCUT2D eigenvalue weighted by Gasteiger charge is -2.27. The van der Waals surface area contributed by atoms with E-state index >= 15 is 0 Å². The van der Waals surface area contributed by atoms with Gasteiger partial charge in [0.05, 0.1) is 0 Å². The molecule has 0 fully saturated rings. The largest absolute Gasteiger partial charge is 0.406 e. The molecule has 0 aromatic rings. The average Bonchev–Trinajstić information content (AvgIpc) is 2.11. The van der Waals surface area contributed by atoms with Gasteiger partial charge in [-0.2, -0.15) is 13.2 Å². The van der Waals surface area contributed by atoms with Crippen LogP contribution in [0.1, 0.15) is 20.8 Å². The van der Waals surface area contributed by atoms with E-state index in [-0.39, 0.29) is 12.5 Å². The van der Waals surface area contributed by atoms with Crippen molar-refractivity contribution in [3.05, 3.63) is 0 Å². The van der Waals surface area contributed by atoms with Crippen LogP contribution in [0.5, 0.6) is 0 Å². The van der Waals surface area contributed by atoms with Crippen LogP contribution in [0.2, 0.25) is 0 Å². The highest BCUT2D eigenvalue weighted by atomic mass is 19.4. The van der Waals surface area contributed by atoms with Crippen LogP contribution in [0, 0.1) is 5.92 Å². The molecule has 0 aromatic carbocycles. The summed E-state index contributed by atoms with van der Waals surface area (Å²) in [4.78, 5) is 12.4. The summed E-state index contributed by atoms with van der Waals surface area (Å²) in [7, 11) is 1.30. The molecular formula is C10H18F3NO2. The molecule has 0 heterocycles. The number of rotatable bonds is 5. The molecule has 0 aliphatic rings. The number of carbonyl (C=O) groups excluding carboxylic acids is 1. The summed E-state index contributed by atoms with van der Waals surface area (Å²) in [5.41, 5.74) is 0. The number of ether oxygens (including phenoxy) is 1. The van der Waals surface area contributed by atoms with Crippen molar-refractivity contribution in [3.8, 4) is 0 Å². The highest BCUT2D eigenvalue weighted by molar-refractivity contribution is 5.80. The summed E-state index contributed by atoms with van der Waals surface area (Å²) in [6.07, 6.45) is -5.22. The van der Waals surface area contributed by atoms with Crippen LogP contribution in [0.4, 0.5) is 13.2 Å². The van der Waals surface area contributed by atoms with Gasteiger partial charge in [-0.1, -0.05) is 13.8 Å². The maximum Gasteiger partial charge on any atom is 0.406 e. The first-order valence-electron chi connectivity index (χ1n) is 5.05. The third-order valence-electron chi connectivity index (χ3n) is 1.97. The van der Waals surface area contributed by atoms with Crippen molar-refractivity contribution in [2.24, 2.45) is 5.92 Å². The summed E-state index contributed by atoms with van der Waals surface area (Å²) in [5.74, 6) is -0.649. The summed E-state index contributed by atoms with van der Waals surface area (Å²) >= 11 is 0. The van der Waals surface area contributed by atoms with Crippen molar-refractivity contribution in [1.29, 1.82) is 0 Å². The van der Waals surface area contributed by atoms with Gasteiger partial charge in [-0.3, -0.25) is 4.79 Å². The number of carbonyl (C=O) groups is 1. The van der Waals surface area contributed by atoms with Crippen molar-refractivity contribution in [3.63, 3.8) is 0 Å². The molecular weight excluding hydrogens is 223 g/mol. The molecule has 1 atom stereocenters. The van der Waals surface area contributed by atoms with Crippen LogP contribution < -0.4 is 0 Å². The highest BCUT2D eigenvalue weighted by Crippen LogP contribution is 2.18. The molecule has 0 N–H and O–H groups in total. The molecule has 96 valence electrons. The van der Waals surface area contributed by atoms with Crippen molar-refractivity contribution < 1.29 is 22.7 Å². The Morgan fingerprint density at radius 3 is 2.12 bits per heavy atom. The number of amides is 1. The van der Waals surface area contributed by atoms with E-state index < -0.39 is 24.7 Å². The molecule has 1 amide bonds. The van der Waals surface area contributed by atoms with Gasteiger partial charge in [-0.25, -0.2) is 0 Å².